The molecule has 5 nitrogen and oxygen atoms in total. The molecule has 21 heavy (non-hydrogen) atoms. The number of nitrogens with one attached hydrogen (secondary N) is 1. The van der Waals surface area contributed by atoms with Gasteiger partial charge in [-0.2, -0.15) is 0 Å². The average Bonchev–Trinajstić information content (AvgIpc) is 2.95. The van der Waals surface area contributed by atoms with Crippen LogP contribution in [0.25, 0.3) is 0 Å². The Hall–Kier alpha value is -1.25. The van der Waals surface area contributed by atoms with Gasteiger partial charge in [-0.1, -0.05) is 47.0 Å². The molecule has 2 aromatic rings. The fraction of sp³-hybridized carbons (Fsp3) is 0.308. The quantitative estimate of drug-likeness (QED) is 0.779. The van der Waals surface area contributed by atoms with E-state index in [-0.39, 0.29) is 5.91 Å². The van der Waals surface area contributed by atoms with Gasteiger partial charge < -0.3 is 10.1 Å². The van der Waals surface area contributed by atoms with Gasteiger partial charge in [0.25, 0.3) is 0 Å². The minimum Gasteiger partial charge on any atom is -0.492 e. The number of hydrogen-bond acceptors (Lipinski definition) is 7. The molecule has 0 bridgehead atoms. The van der Waals surface area contributed by atoms with Crippen LogP contribution in [-0.2, 0) is 4.79 Å². The lowest BCUT2D eigenvalue weighted by molar-refractivity contribution is -0.113. The van der Waals surface area contributed by atoms with Crippen molar-refractivity contribution in [2.75, 3.05) is 23.9 Å². The van der Waals surface area contributed by atoms with Gasteiger partial charge in [-0.25, -0.2) is 0 Å². The smallest absolute Gasteiger partial charge is 0.234 e. The molecule has 0 aliphatic rings. The summed E-state index contributed by atoms with van der Waals surface area (Å²) in [5, 5.41) is 10.9. The highest BCUT2D eigenvalue weighted by atomic mass is 32.2. The second-order valence-electron chi connectivity index (χ2n) is 3.80. The van der Waals surface area contributed by atoms with Crippen LogP contribution >= 0.6 is 34.9 Å². The molecule has 112 valence electrons. The second kappa shape index (κ2) is 8.26. The lowest BCUT2D eigenvalue weighted by Crippen LogP contribution is -2.14. The van der Waals surface area contributed by atoms with Gasteiger partial charge in [0, 0.05) is 0 Å². The summed E-state index contributed by atoms with van der Waals surface area (Å²) >= 11 is 4.42. The molecule has 0 aliphatic heterocycles. The van der Waals surface area contributed by atoms with Gasteiger partial charge in [0.05, 0.1) is 18.0 Å². The zero-order valence-electron chi connectivity index (χ0n) is 11.7. The van der Waals surface area contributed by atoms with Crippen LogP contribution in [0, 0.1) is 0 Å². The Morgan fingerprint density at radius 1 is 1.33 bits per heavy atom. The molecule has 0 unspecified atom stereocenters. The fourth-order valence-corrected chi connectivity index (χ4v) is 3.74. The Morgan fingerprint density at radius 2 is 2.10 bits per heavy atom. The molecule has 1 N–H and O–H groups in total. The predicted octanol–water partition coefficient (Wildman–Crippen LogP) is 3.39. The lowest BCUT2D eigenvalue weighted by atomic mass is 10.3. The van der Waals surface area contributed by atoms with Crippen LogP contribution in [0.4, 0.5) is 5.69 Å². The summed E-state index contributed by atoms with van der Waals surface area (Å²) in [6.07, 6.45) is 1.95. The molecule has 1 heterocycles. The van der Waals surface area contributed by atoms with Crippen molar-refractivity contribution in [2.24, 2.45) is 0 Å². The minimum absolute atomic E-state index is 0.0898. The monoisotopic (exact) mass is 341 g/mol. The summed E-state index contributed by atoms with van der Waals surface area (Å²) in [5.41, 5.74) is 0.687. The van der Waals surface area contributed by atoms with Crippen molar-refractivity contribution in [3.05, 3.63) is 24.3 Å². The standard InChI is InChI=1S/C13H15N3O2S3/c1-3-18-10-7-5-4-6-9(10)14-11(17)8-20-13-16-15-12(19-2)21-13/h4-7H,3,8H2,1-2H3,(H,14,17). The molecule has 0 atom stereocenters. The molecular weight excluding hydrogens is 326 g/mol. The fourth-order valence-electron chi connectivity index (χ4n) is 1.50. The van der Waals surface area contributed by atoms with Crippen molar-refractivity contribution in [1.82, 2.24) is 10.2 Å². The van der Waals surface area contributed by atoms with Crippen LogP contribution in [0.1, 0.15) is 6.92 Å². The van der Waals surface area contributed by atoms with Crippen LogP contribution in [0.2, 0.25) is 0 Å². The predicted molar refractivity (Wildman–Crippen MR) is 88.7 cm³/mol. The SMILES string of the molecule is CCOc1ccccc1NC(=O)CSc1nnc(SC)s1. The van der Waals surface area contributed by atoms with Gasteiger partial charge in [0.1, 0.15) is 5.75 Å². The Labute approximate surface area is 135 Å². The maximum absolute atomic E-state index is 12.0. The van der Waals surface area contributed by atoms with Gasteiger partial charge >= 0.3 is 0 Å². The molecule has 0 radical (unpaired) electrons. The minimum atomic E-state index is -0.0898. The van der Waals surface area contributed by atoms with E-state index in [1.165, 1.54) is 23.1 Å². The van der Waals surface area contributed by atoms with E-state index in [0.717, 1.165) is 8.68 Å². The van der Waals surface area contributed by atoms with Gasteiger partial charge in [0.2, 0.25) is 5.91 Å². The number of benzene rings is 1. The van der Waals surface area contributed by atoms with E-state index in [1.807, 2.05) is 37.4 Å². The molecule has 1 aromatic heterocycles. The summed E-state index contributed by atoms with van der Waals surface area (Å²) in [6.45, 7) is 2.47. The van der Waals surface area contributed by atoms with Gasteiger partial charge in [-0.3, -0.25) is 4.79 Å². The Kier molecular flexibility index (Phi) is 6.34. The van der Waals surface area contributed by atoms with Crippen LogP contribution in [0.3, 0.4) is 0 Å². The van der Waals surface area contributed by atoms with Crippen molar-refractivity contribution in [3.8, 4) is 5.75 Å². The average molecular weight is 341 g/mol. The van der Waals surface area contributed by atoms with Crippen LogP contribution < -0.4 is 10.1 Å². The van der Waals surface area contributed by atoms with Crippen molar-refractivity contribution < 1.29 is 9.53 Å². The highest BCUT2D eigenvalue weighted by Gasteiger charge is 2.10. The lowest BCUT2D eigenvalue weighted by Gasteiger charge is -2.10. The number of aromatic nitrogens is 2. The third-order valence-corrected chi connectivity index (χ3v) is 5.38. The van der Waals surface area contributed by atoms with Crippen LogP contribution in [0.15, 0.2) is 32.9 Å². The molecule has 2 rings (SSSR count). The van der Waals surface area contributed by atoms with E-state index < -0.39 is 0 Å². The van der Waals surface area contributed by atoms with Crippen molar-refractivity contribution >= 4 is 46.5 Å². The second-order valence-corrected chi connectivity index (χ2v) is 7.06. The summed E-state index contributed by atoms with van der Waals surface area (Å²) < 4.78 is 7.18. The highest BCUT2D eigenvalue weighted by Crippen LogP contribution is 2.28. The van der Waals surface area contributed by atoms with Crippen molar-refractivity contribution in [3.63, 3.8) is 0 Å². The van der Waals surface area contributed by atoms with Crippen molar-refractivity contribution in [1.29, 1.82) is 0 Å². The van der Waals surface area contributed by atoms with E-state index in [9.17, 15) is 4.79 Å². The topological polar surface area (TPSA) is 64.1 Å². The number of carbonyl (C=O) groups is 1. The molecule has 0 fully saturated rings. The zero-order chi connectivity index (χ0) is 15.1. The largest absolute Gasteiger partial charge is 0.492 e. The first kappa shape index (κ1) is 16.1. The van der Waals surface area contributed by atoms with Crippen LogP contribution in [0.5, 0.6) is 5.75 Å². The molecule has 0 saturated carbocycles. The Morgan fingerprint density at radius 3 is 2.81 bits per heavy atom. The Balaban J connectivity index is 1.89. The summed E-state index contributed by atoms with van der Waals surface area (Å²) in [4.78, 5) is 12.0. The van der Waals surface area contributed by atoms with Crippen molar-refractivity contribution in [2.45, 2.75) is 15.6 Å². The molecule has 0 aliphatic carbocycles. The van der Waals surface area contributed by atoms with Gasteiger partial charge in [-0.15, -0.1) is 10.2 Å². The first-order valence-corrected chi connectivity index (χ1v) is 9.27. The Bertz CT molecular complexity index is 604. The highest BCUT2D eigenvalue weighted by molar-refractivity contribution is 8.03. The third kappa shape index (κ3) is 4.90. The number of anilines is 1. The third-order valence-electron chi connectivity index (χ3n) is 2.35. The number of hydrogen-bond donors (Lipinski definition) is 1. The van der Waals surface area contributed by atoms with E-state index in [1.54, 1.807) is 11.8 Å². The van der Waals surface area contributed by atoms with Gasteiger partial charge in [-0.05, 0) is 25.3 Å². The molecule has 0 spiro atoms. The van der Waals surface area contributed by atoms with Crippen LogP contribution in [-0.4, -0.2) is 34.7 Å². The number of carbonyl (C=O) groups excluding carboxylic acids is 1. The normalized spacial score (nSPS) is 10.4. The van der Waals surface area contributed by atoms with E-state index in [4.69, 9.17) is 4.74 Å². The maximum Gasteiger partial charge on any atom is 0.234 e. The first-order valence-electron chi connectivity index (χ1n) is 6.25. The number of para-hydroxylation sites is 2. The number of thioether (sulfide) groups is 2. The van der Waals surface area contributed by atoms with Gasteiger partial charge in [0.15, 0.2) is 8.68 Å². The summed E-state index contributed by atoms with van der Waals surface area (Å²) in [7, 11) is 0. The van der Waals surface area contributed by atoms with E-state index in [0.29, 0.717) is 23.8 Å². The maximum atomic E-state index is 12.0. The molecular formula is C13H15N3O2S3. The molecule has 8 heteroatoms. The number of ether oxygens (including phenoxy) is 1. The molecule has 1 amide bonds. The zero-order valence-corrected chi connectivity index (χ0v) is 14.1. The number of amides is 1. The van der Waals surface area contributed by atoms with E-state index in [2.05, 4.69) is 15.5 Å². The van der Waals surface area contributed by atoms with E-state index >= 15 is 0 Å². The number of nitrogens with zero attached hydrogens (tertiary/aromatic N) is 2. The first-order chi connectivity index (χ1) is 10.2. The summed E-state index contributed by atoms with van der Waals surface area (Å²) in [5.74, 6) is 0.885. The molecule has 0 saturated heterocycles. The molecule has 1 aromatic carbocycles. The summed E-state index contributed by atoms with van der Waals surface area (Å²) in [6, 6.07) is 7.40. The number of rotatable bonds is 7.